The fourth-order valence-corrected chi connectivity index (χ4v) is 4.30. The summed E-state index contributed by atoms with van der Waals surface area (Å²) < 4.78 is 24.3. The summed E-state index contributed by atoms with van der Waals surface area (Å²) in [7, 11) is 3.12. The molecule has 0 fully saturated rings. The highest BCUT2D eigenvalue weighted by Gasteiger charge is 2.16. The van der Waals surface area contributed by atoms with Crippen LogP contribution < -0.4 is 20.3 Å². The number of aromatic amines is 1. The zero-order chi connectivity index (χ0) is 25.8. The second-order valence-electron chi connectivity index (χ2n) is 8.65. The van der Waals surface area contributed by atoms with Crippen molar-refractivity contribution in [3.05, 3.63) is 99.1 Å². The first-order chi connectivity index (χ1) is 17.3. The number of nitrogens with one attached hydrogen (secondary N) is 2. The number of anilines is 1. The van der Waals surface area contributed by atoms with Crippen LogP contribution in [0.4, 0.5) is 10.1 Å². The Morgan fingerprint density at radius 2 is 1.67 bits per heavy atom. The third-order valence-corrected chi connectivity index (χ3v) is 6.34. The van der Waals surface area contributed by atoms with Gasteiger partial charge < -0.3 is 24.7 Å². The molecule has 0 saturated heterocycles. The van der Waals surface area contributed by atoms with E-state index >= 15 is 0 Å². The van der Waals surface area contributed by atoms with Crippen LogP contribution in [0.2, 0.25) is 0 Å². The fraction of sp³-hybridized carbons (Fsp3) is 0.214. The van der Waals surface area contributed by atoms with Gasteiger partial charge in [-0.05, 0) is 67.5 Å². The van der Waals surface area contributed by atoms with E-state index in [-0.39, 0.29) is 17.9 Å². The van der Waals surface area contributed by atoms with Crippen molar-refractivity contribution in [2.45, 2.75) is 26.9 Å². The summed E-state index contributed by atoms with van der Waals surface area (Å²) in [4.78, 5) is 17.8. The van der Waals surface area contributed by atoms with Gasteiger partial charge in [-0.25, -0.2) is 4.39 Å². The van der Waals surface area contributed by atoms with Gasteiger partial charge in [-0.15, -0.1) is 0 Å². The molecule has 4 rings (SSSR count). The quantitative estimate of drug-likeness (QED) is 0.314. The minimum absolute atomic E-state index is 0.229. The van der Waals surface area contributed by atoms with Gasteiger partial charge >= 0.3 is 0 Å². The summed E-state index contributed by atoms with van der Waals surface area (Å²) in [6.07, 6.45) is 0. The molecule has 0 unspecified atom stereocenters. The number of fused-ring (bicyclic) bond motifs is 1. The Bertz CT molecular complexity index is 1470. The van der Waals surface area contributed by atoms with Crippen LogP contribution in [0.5, 0.6) is 11.5 Å². The average Bonchev–Trinajstić information content (AvgIpc) is 2.86. The van der Waals surface area contributed by atoms with E-state index in [1.165, 1.54) is 12.1 Å². The van der Waals surface area contributed by atoms with Crippen molar-refractivity contribution in [2.75, 3.05) is 19.5 Å². The van der Waals surface area contributed by atoms with Gasteiger partial charge in [0, 0.05) is 29.2 Å². The smallest absolute Gasteiger partial charge is 0.253 e. The minimum Gasteiger partial charge on any atom is -0.493 e. The fourth-order valence-electron chi connectivity index (χ4n) is 4.06. The van der Waals surface area contributed by atoms with Gasteiger partial charge in [0.2, 0.25) is 0 Å². The number of aromatic nitrogens is 1. The van der Waals surface area contributed by atoms with E-state index in [2.05, 4.69) is 16.4 Å². The number of thiocarbonyl (C=S) groups is 1. The Morgan fingerprint density at radius 1 is 0.972 bits per heavy atom. The molecule has 0 aliphatic rings. The molecule has 0 spiro atoms. The van der Waals surface area contributed by atoms with E-state index in [1.807, 2.05) is 43.0 Å². The van der Waals surface area contributed by atoms with Crippen LogP contribution in [0.1, 0.15) is 22.3 Å². The number of pyridine rings is 1. The highest BCUT2D eigenvalue weighted by molar-refractivity contribution is 7.80. The molecule has 36 heavy (non-hydrogen) atoms. The van der Waals surface area contributed by atoms with E-state index in [0.29, 0.717) is 34.2 Å². The molecule has 1 heterocycles. The second-order valence-corrected chi connectivity index (χ2v) is 9.04. The van der Waals surface area contributed by atoms with Crippen molar-refractivity contribution in [3.63, 3.8) is 0 Å². The Kier molecular flexibility index (Phi) is 7.55. The third-order valence-electron chi connectivity index (χ3n) is 5.98. The van der Waals surface area contributed by atoms with Gasteiger partial charge in [0.15, 0.2) is 16.6 Å². The summed E-state index contributed by atoms with van der Waals surface area (Å²) in [6.45, 7) is 4.68. The van der Waals surface area contributed by atoms with Gasteiger partial charge in [0.1, 0.15) is 5.82 Å². The number of benzene rings is 3. The lowest BCUT2D eigenvalue weighted by Gasteiger charge is -2.26. The van der Waals surface area contributed by atoms with Crippen LogP contribution in [-0.4, -0.2) is 29.2 Å². The number of hydrogen-bond donors (Lipinski definition) is 2. The maximum atomic E-state index is 13.5. The number of hydrogen-bond acceptors (Lipinski definition) is 4. The standard InChI is InChI=1S/C28H28FN3O3S/c1-17-5-10-23(18(2)11-17)31-28(36)32(15-19-6-8-22(29)9-7-19)16-21-12-20-13-25(34-3)26(35-4)14-24(20)30-27(21)33/h5-14H,15-16H2,1-4H3,(H,30,33)(H,31,36). The number of halogens is 1. The van der Waals surface area contributed by atoms with Crippen LogP contribution in [0.25, 0.3) is 10.9 Å². The van der Waals surface area contributed by atoms with Gasteiger partial charge in [0.25, 0.3) is 5.56 Å². The van der Waals surface area contributed by atoms with Crippen LogP contribution in [-0.2, 0) is 13.1 Å². The van der Waals surface area contributed by atoms with E-state index in [1.54, 1.807) is 32.4 Å². The first-order valence-corrected chi connectivity index (χ1v) is 11.8. The predicted octanol–water partition coefficient (Wildman–Crippen LogP) is 5.70. The predicted molar refractivity (Wildman–Crippen MR) is 145 cm³/mol. The van der Waals surface area contributed by atoms with Crippen LogP contribution >= 0.6 is 12.2 Å². The molecule has 0 saturated carbocycles. The lowest BCUT2D eigenvalue weighted by atomic mass is 10.1. The first kappa shape index (κ1) is 25.2. The molecule has 6 nitrogen and oxygen atoms in total. The maximum Gasteiger partial charge on any atom is 0.253 e. The first-order valence-electron chi connectivity index (χ1n) is 11.4. The average molecular weight is 506 g/mol. The molecule has 0 radical (unpaired) electrons. The Labute approximate surface area is 214 Å². The Morgan fingerprint density at radius 3 is 2.33 bits per heavy atom. The highest BCUT2D eigenvalue weighted by atomic mass is 32.1. The van der Waals surface area contributed by atoms with Crippen molar-refractivity contribution < 1.29 is 13.9 Å². The molecular weight excluding hydrogens is 477 g/mol. The summed E-state index contributed by atoms with van der Waals surface area (Å²) in [5.74, 6) is 0.792. The van der Waals surface area contributed by atoms with Gasteiger partial charge in [-0.1, -0.05) is 29.8 Å². The number of H-pyrrole nitrogens is 1. The third kappa shape index (κ3) is 5.66. The molecule has 1 aromatic heterocycles. The molecule has 186 valence electrons. The number of aryl methyl sites for hydroxylation is 2. The van der Waals surface area contributed by atoms with Gasteiger partial charge in [-0.2, -0.15) is 0 Å². The van der Waals surface area contributed by atoms with Crippen LogP contribution in [0, 0.1) is 19.7 Å². The van der Waals surface area contributed by atoms with Crippen molar-refractivity contribution in [3.8, 4) is 11.5 Å². The van der Waals surface area contributed by atoms with Crippen molar-refractivity contribution in [2.24, 2.45) is 0 Å². The lowest BCUT2D eigenvalue weighted by Crippen LogP contribution is -2.35. The molecule has 0 aliphatic carbocycles. The molecule has 0 aliphatic heterocycles. The Balaban J connectivity index is 1.69. The number of rotatable bonds is 7. The summed E-state index contributed by atoms with van der Waals surface area (Å²) in [6, 6.07) is 17.7. The monoisotopic (exact) mass is 505 g/mol. The number of ether oxygens (including phenoxy) is 2. The minimum atomic E-state index is -0.309. The number of methoxy groups -OCH3 is 2. The van der Waals surface area contributed by atoms with Crippen LogP contribution in [0.3, 0.4) is 0 Å². The van der Waals surface area contributed by atoms with Gasteiger partial charge in [0.05, 0.1) is 26.3 Å². The van der Waals surface area contributed by atoms with Crippen molar-refractivity contribution >= 4 is 33.9 Å². The summed E-state index contributed by atoms with van der Waals surface area (Å²) in [5, 5.41) is 4.57. The number of nitrogens with zero attached hydrogens (tertiary/aromatic N) is 1. The molecule has 4 aromatic rings. The van der Waals surface area contributed by atoms with Gasteiger partial charge in [-0.3, -0.25) is 4.79 Å². The van der Waals surface area contributed by atoms with Crippen molar-refractivity contribution in [1.82, 2.24) is 9.88 Å². The Hall–Kier alpha value is -3.91. The molecule has 8 heteroatoms. The zero-order valence-corrected chi connectivity index (χ0v) is 21.5. The summed E-state index contributed by atoms with van der Waals surface area (Å²) in [5.41, 5.74) is 4.91. The van der Waals surface area contributed by atoms with E-state index in [9.17, 15) is 9.18 Å². The van der Waals surface area contributed by atoms with E-state index < -0.39 is 0 Å². The zero-order valence-electron chi connectivity index (χ0n) is 20.6. The van der Waals surface area contributed by atoms with E-state index in [4.69, 9.17) is 21.7 Å². The van der Waals surface area contributed by atoms with E-state index in [0.717, 1.165) is 27.8 Å². The maximum absolute atomic E-state index is 13.5. The summed E-state index contributed by atoms with van der Waals surface area (Å²) >= 11 is 5.78. The molecule has 3 aromatic carbocycles. The molecular formula is C28H28FN3O3S. The molecule has 2 N–H and O–H groups in total. The lowest BCUT2D eigenvalue weighted by molar-refractivity contribution is 0.355. The molecule has 0 atom stereocenters. The highest BCUT2D eigenvalue weighted by Crippen LogP contribution is 2.31. The van der Waals surface area contributed by atoms with Crippen molar-refractivity contribution in [1.29, 1.82) is 0 Å². The molecule has 0 bridgehead atoms. The topological polar surface area (TPSA) is 66.6 Å². The SMILES string of the molecule is COc1cc2cc(CN(Cc3ccc(F)cc3)C(=S)Nc3ccc(C)cc3C)c(=O)[nH]c2cc1OC. The molecule has 0 amide bonds. The normalized spacial score (nSPS) is 10.8. The van der Waals surface area contributed by atoms with Crippen LogP contribution in [0.15, 0.2) is 65.5 Å². The second kappa shape index (κ2) is 10.8. The largest absolute Gasteiger partial charge is 0.493 e.